The van der Waals surface area contributed by atoms with Crippen molar-refractivity contribution in [3.8, 4) is 0 Å². The number of hydrogen-bond acceptors (Lipinski definition) is 2. The molecule has 20 heavy (non-hydrogen) atoms. The first-order chi connectivity index (χ1) is 9.68. The van der Waals surface area contributed by atoms with Gasteiger partial charge in [-0.25, -0.2) is 0 Å². The summed E-state index contributed by atoms with van der Waals surface area (Å²) in [4.78, 5) is 0. The van der Waals surface area contributed by atoms with Gasteiger partial charge in [-0.15, -0.1) is 0 Å². The zero-order valence-electron chi connectivity index (χ0n) is 12.3. The lowest BCUT2D eigenvalue weighted by molar-refractivity contribution is -0.128. The van der Waals surface area contributed by atoms with E-state index in [1.165, 1.54) is 12.8 Å². The number of aliphatic hydroxyl groups excluding tert-OH is 1. The van der Waals surface area contributed by atoms with Gasteiger partial charge in [0.1, 0.15) is 0 Å². The summed E-state index contributed by atoms with van der Waals surface area (Å²) in [6.07, 6.45) is 7.02. The number of benzene rings is 1. The Kier molecular flexibility index (Phi) is 6.06. The van der Waals surface area contributed by atoms with Gasteiger partial charge in [-0.05, 0) is 31.4 Å². The van der Waals surface area contributed by atoms with E-state index in [0.717, 1.165) is 35.7 Å². The Labute approximate surface area is 130 Å². The third kappa shape index (κ3) is 3.84. The predicted molar refractivity (Wildman–Crippen MR) is 85.9 cm³/mol. The van der Waals surface area contributed by atoms with Gasteiger partial charge < -0.3 is 9.84 Å². The molecule has 0 radical (unpaired) electrons. The summed E-state index contributed by atoms with van der Waals surface area (Å²) >= 11 is 3.57. The van der Waals surface area contributed by atoms with Crippen molar-refractivity contribution in [2.24, 2.45) is 0 Å². The summed E-state index contributed by atoms with van der Waals surface area (Å²) in [5, 5.41) is 10.8. The van der Waals surface area contributed by atoms with E-state index in [1.54, 1.807) is 0 Å². The van der Waals surface area contributed by atoms with Crippen LogP contribution in [0, 0.1) is 0 Å². The zero-order chi connectivity index (χ0) is 14.4. The number of ether oxygens (including phenoxy) is 1. The van der Waals surface area contributed by atoms with E-state index >= 15 is 0 Å². The van der Waals surface area contributed by atoms with Gasteiger partial charge in [0.2, 0.25) is 0 Å². The Bertz CT molecular complexity index is 411. The van der Waals surface area contributed by atoms with Crippen LogP contribution in [0.25, 0.3) is 0 Å². The summed E-state index contributed by atoms with van der Waals surface area (Å²) in [6.45, 7) is 2.70. The van der Waals surface area contributed by atoms with E-state index in [-0.39, 0.29) is 5.60 Å². The van der Waals surface area contributed by atoms with Gasteiger partial charge in [0.15, 0.2) is 0 Å². The number of aliphatic hydroxyl groups is 1. The van der Waals surface area contributed by atoms with Gasteiger partial charge in [0, 0.05) is 17.5 Å². The third-order valence-corrected chi connectivity index (χ3v) is 5.13. The van der Waals surface area contributed by atoms with Crippen molar-refractivity contribution in [1.82, 2.24) is 0 Å². The van der Waals surface area contributed by atoms with Crippen molar-refractivity contribution in [3.05, 3.63) is 34.3 Å². The summed E-state index contributed by atoms with van der Waals surface area (Å²) in [7, 11) is 0. The SMILES string of the molecule is CCOC1(C(O)Cc2ccccc2Br)CCCCCC1. The zero-order valence-corrected chi connectivity index (χ0v) is 13.9. The monoisotopic (exact) mass is 340 g/mol. The van der Waals surface area contributed by atoms with E-state index in [2.05, 4.69) is 22.0 Å². The molecule has 3 heteroatoms. The van der Waals surface area contributed by atoms with Crippen LogP contribution in [0.1, 0.15) is 51.0 Å². The smallest absolute Gasteiger partial charge is 0.0943 e. The molecule has 112 valence electrons. The molecule has 1 aliphatic rings. The van der Waals surface area contributed by atoms with Crippen LogP contribution >= 0.6 is 15.9 Å². The minimum absolute atomic E-state index is 0.347. The van der Waals surface area contributed by atoms with Crippen molar-refractivity contribution in [1.29, 1.82) is 0 Å². The lowest BCUT2D eigenvalue weighted by Crippen LogP contribution is -2.46. The summed E-state index contributed by atoms with van der Waals surface area (Å²) < 4.78 is 7.13. The molecule has 0 bridgehead atoms. The second-order valence-electron chi connectivity index (χ2n) is 5.72. The number of hydrogen-bond donors (Lipinski definition) is 1. The Morgan fingerprint density at radius 2 is 1.85 bits per heavy atom. The predicted octanol–water partition coefficient (Wildman–Crippen LogP) is 4.48. The van der Waals surface area contributed by atoms with Crippen LogP contribution in [0.15, 0.2) is 28.7 Å². The standard InChI is InChI=1S/C17H25BrO2/c1-2-20-17(11-7-3-4-8-12-17)16(19)13-14-9-5-6-10-15(14)18/h5-6,9-10,16,19H,2-4,7-8,11-13H2,1H3. The van der Waals surface area contributed by atoms with Crippen LogP contribution in [-0.4, -0.2) is 23.4 Å². The summed E-state index contributed by atoms with van der Waals surface area (Å²) in [5.41, 5.74) is 0.809. The normalized spacial score (nSPS) is 20.4. The second-order valence-corrected chi connectivity index (χ2v) is 6.58. The number of rotatable bonds is 5. The van der Waals surface area contributed by atoms with Crippen LogP contribution in [0.2, 0.25) is 0 Å². The minimum Gasteiger partial charge on any atom is -0.390 e. The van der Waals surface area contributed by atoms with Crippen molar-refractivity contribution >= 4 is 15.9 Å². The quantitative estimate of drug-likeness (QED) is 0.800. The molecule has 0 amide bonds. The molecule has 1 aromatic carbocycles. The largest absolute Gasteiger partial charge is 0.390 e. The highest BCUT2D eigenvalue weighted by molar-refractivity contribution is 9.10. The first-order valence-electron chi connectivity index (χ1n) is 7.73. The van der Waals surface area contributed by atoms with Crippen molar-refractivity contribution in [3.63, 3.8) is 0 Å². The fraction of sp³-hybridized carbons (Fsp3) is 0.647. The highest BCUT2D eigenvalue weighted by Gasteiger charge is 2.38. The fourth-order valence-corrected chi connectivity index (χ4v) is 3.69. The molecule has 2 nitrogen and oxygen atoms in total. The fourth-order valence-electron chi connectivity index (χ4n) is 3.25. The highest BCUT2D eigenvalue weighted by atomic mass is 79.9. The van der Waals surface area contributed by atoms with E-state index in [9.17, 15) is 5.11 Å². The molecule has 1 atom stereocenters. The van der Waals surface area contributed by atoms with E-state index in [0.29, 0.717) is 13.0 Å². The maximum atomic E-state index is 10.8. The van der Waals surface area contributed by atoms with Crippen LogP contribution in [0.5, 0.6) is 0 Å². The van der Waals surface area contributed by atoms with Crippen LogP contribution < -0.4 is 0 Å². The molecule has 1 saturated carbocycles. The summed E-state index contributed by atoms with van der Waals surface area (Å²) in [5.74, 6) is 0. The van der Waals surface area contributed by atoms with Gasteiger partial charge in [0.05, 0.1) is 11.7 Å². The maximum absolute atomic E-state index is 10.8. The second kappa shape index (κ2) is 7.58. The molecular weight excluding hydrogens is 316 g/mol. The van der Waals surface area contributed by atoms with Crippen molar-refractivity contribution < 1.29 is 9.84 Å². The molecule has 1 unspecified atom stereocenters. The average Bonchev–Trinajstić information content (AvgIpc) is 2.68. The number of halogens is 1. The molecule has 0 spiro atoms. The molecule has 0 saturated heterocycles. The van der Waals surface area contributed by atoms with Crippen molar-refractivity contribution in [2.45, 2.75) is 63.6 Å². The first kappa shape index (κ1) is 16.0. The van der Waals surface area contributed by atoms with Gasteiger partial charge in [-0.3, -0.25) is 0 Å². The molecule has 0 heterocycles. The molecule has 0 aliphatic heterocycles. The van der Waals surface area contributed by atoms with E-state index < -0.39 is 6.10 Å². The summed E-state index contributed by atoms with van der Waals surface area (Å²) in [6, 6.07) is 8.13. The molecule has 1 aromatic rings. The lowest BCUT2D eigenvalue weighted by atomic mass is 9.84. The van der Waals surface area contributed by atoms with Crippen LogP contribution in [0.3, 0.4) is 0 Å². The van der Waals surface area contributed by atoms with E-state index in [1.807, 2.05) is 25.1 Å². The molecule has 1 fully saturated rings. The topological polar surface area (TPSA) is 29.5 Å². The minimum atomic E-state index is -0.431. The van der Waals surface area contributed by atoms with E-state index in [4.69, 9.17) is 4.74 Å². The van der Waals surface area contributed by atoms with Gasteiger partial charge >= 0.3 is 0 Å². The molecule has 2 rings (SSSR count). The lowest BCUT2D eigenvalue weighted by Gasteiger charge is -2.37. The van der Waals surface area contributed by atoms with Crippen molar-refractivity contribution in [2.75, 3.05) is 6.61 Å². The molecule has 0 aromatic heterocycles. The Morgan fingerprint density at radius 1 is 1.20 bits per heavy atom. The van der Waals surface area contributed by atoms with Gasteiger partial charge in [-0.2, -0.15) is 0 Å². The van der Waals surface area contributed by atoms with Crippen LogP contribution in [-0.2, 0) is 11.2 Å². The molecular formula is C17H25BrO2. The molecule has 1 N–H and O–H groups in total. The Hall–Kier alpha value is -0.380. The highest BCUT2D eigenvalue weighted by Crippen LogP contribution is 2.35. The van der Waals surface area contributed by atoms with Gasteiger partial charge in [0.25, 0.3) is 0 Å². The van der Waals surface area contributed by atoms with Gasteiger partial charge in [-0.1, -0.05) is 59.8 Å². The Morgan fingerprint density at radius 3 is 2.45 bits per heavy atom. The van der Waals surface area contributed by atoms with Crippen LogP contribution in [0.4, 0.5) is 0 Å². The first-order valence-corrected chi connectivity index (χ1v) is 8.53. The third-order valence-electron chi connectivity index (χ3n) is 4.36. The maximum Gasteiger partial charge on any atom is 0.0943 e. The molecule has 1 aliphatic carbocycles. The Balaban J connectivity index is 2.14. The average molecular weight is 341 g/mol.